The van der Waals surface area contributed by atoms with Crippen molar-refractivity contribution < 1.29 is 14.6 Å². The predicted molar refractivity (Wildman–Crippen MR) is 75.8 cm³/mol. The van der Waals surface area contributed by atoms with Crippen molar-refractivity contribution in [1.82, 2.24) is 4.90 Å². The molecule has 19 heavy (non-hydrogen) atoms. The second-order valence-corrected chi connectivity index (χ2v) is 5.46. The number of benzene rings is 1. The molecular formula is C15H23NO3. The molecule has 4 heteroatoms. The van der Waals surface area contributed by atoms with E-state index < -0.39 is 11.5 Å². The van der Waals surface area contributed by atoms with Gasteiger partial charge in [0.2, 0.25) is 0 Å². The van der Waals surface area contributed by atoms with Crippen LogP contribution >= 0.6 is 0 Å². The molecule has 0 saturated heterocycles. The first kappa shape index (κ1) is 15.5. The smallest absolute Gasteiger partial charge is 0.323 e. The van der Waals surface area contributed by atoms with E-state index in [1.54, 1.807) is 25.8 Å². The Labute approximate surface area is 115 Å². The number of aryl methyl sites for hydroxylation is 2. The van der Waals surface area contributed by atoms with Gasteiger partial charge in [-0.3, -0.25) is 9.69 Å². The van der Waals surface area contributed by atoms with E-state index in [0.29, 0.717) is 13.2 Å². The number of carboxylic acid groups (broad SMARTS) is 1. The summed E-state index contributed by atoms with van der Waals surface area (Å²) in [5.74, 6) is 0.000399. The molecule has 0 fully saturated rings. The summed E-state index contributed by atoms with van der Waals surface area (Å²) in [5.41, 5.74) is 1.44. The zero-order chi connectivity index (χ0) is 14.6. The molecule has 0 spiro atoms. The van der Waals surface area contributed by atoms with Crippen LogP contribution in [0.4, 0.5) is 0 Å². The predicted octanol–water partition coefficient (Wildman–Crippen LogP) is 2.48. The lowest BCUT2D eigenvalue weighted by atomic mass is 10.0. The normalized spacial score (nSPS) is 11.7. The average Bonchev–Trinajstić information content (AvgIpc) is 2.27. The largest absolute Gasteiger partial charge is 0.492 e. The number of rotatable bonds is 6. The molecule has 1 N–H and O–H groups in total. The zero-order valence-corrected chi connectivity index (χ0v) is 12.4. The molecule has 1 aromatic carbocycles. The summed E-state index contributed by atoms with van der Waals surface area (Å²) in [6.07, 6.45) is 0. The van der Waals surface area contributed by atoms with Crippen LogP contribution in [0.5, 0.6) is 5.75 Å². The van der Waals surface area contributed by atoms with Crippen LogP contribution < -0.4 is 4.74 Å². The Bertz CT molecular complexity index is 434. The van der Waals surface area contributed by atoms with Crippen molar-refractivity contribution in [2.45, 2.75) is 33.2 Å². The highest BCUT2D eigenvalue weighted by atomic mass is 16.5. The molecule has 4 nitrogen and oxygen atoms in total. The molecule has 0 saturated carbocycles. The van der Waals surface area contributed by atoms with Gasteiger partial charge < -0.3 is 9.84 Å². The van der Waals surface area contributed by atoms with E-state index in [1.165, 1.54) is 0 Å². The molecule has 106 valence electrons. The van der Waals surface area contributed by atoms with Gasteiger partial charge in [-0.25, -0.2) is 0 Å². The zero-order valence-electron chi connectivity index (χ0n) is 12.4. The van der Waals surface area contributed by atoms with E-state index in [1.807, 2.05) is 26.0 Å². The van der Waals surface area contributed by atoms with Gasteiger partial charge in [0, 0.05) is 6.54 Å². The fourth-order valence-electron chi connectivity index (χ4n) is 1.76. The number of hydrogen-bond acceptors (Lipinski definition) is 3. The number of aliphatic carboxylic acids is 1. The maximum atomic E-state index is 11.1. The van der Waals surface area contributed by atoms with Crippen molar-refractivity contribution in [2.24, 2.45) is 0 Å². The Balaban J connectivity index is 2.52. The van der Waals surface area contributed by atoms with Crippen LogP contribution in [0.3, 0.4) is 0 Å². The van der Waals surface area contributed by atoms with E-state index in [2.05, 4.69) is 6.07 Å². The first-order valence-corrected chi connectivity index (χ1v) is 6.39. The molecule has 0 unspecified atom stereocenters. The van der Waals surface area contributed by atoms with Gasteiger partial charge >= 0.3 is 5.97 Å². The monoisotopic (exact) mass is 265 g/mol. The molecule has 0 amide bonds. The highest BCUT2D eigenvalue weighted by molar-refractivity contribution is 5.77. The summed E-state index contributed by atoms with van der Waals surface area (Å²) < 4.78 is 5.68. The maximum absolute atomic E-state index is 11.1. The number of ether oxygens (including phenoxy) is 1. The Kier molecular flexibility index (Phi) is 4.95. The highest BCUT2D eigenvalue weighted by Crippen LogP contribution is 2.17. The molecule has 0 bridgehead atoms. The molecule has 0 radical (unpaired) electrons. The third-order valence-corrected chi connectivity index (χ3v) is 3.37. The average molecular weight is 265 g/mol. The number of hydrogen-bond donors (Lipinski definition) is 1. The van der Waals surface area contributed by atoms with Gasteiger partial charge in [0.15, 0.2) is 0 Å². The summed E-state index contributed by atoms with van der Waals surface area (Å²) in [6.45, 7) is 8.46. The van der Waals surface area contributed by atoms with Gasteiger partial charge in [0.25, 0.3) is 0 Å². The van der Waals surface area contributed by atoms with Gasteiger partial charge in [-0.05, 0) is 58.0 Å². The minimum absolute atomic E-state index is 0.468. The lowest BCUT2D eigenvalue weighted by Gasteiger charge is -2.31. The summed E-state index contributed by atoms with van der Waals surface area (Å²) in [7, 11) is 1.79. The molecule has 0 aliphatic heterocycles. The van der Waals surface area contributed by atoms with Gasteiger partial charge in [0.05, 0.1) is 0 Å². The molecule has 0 heterocycles. The highest BCUT2D eigenvalue weighted by Gasteiger charge is 2.31. The van der Waals surface area contributed by atoms with Crippen LogP contribution in [0.15, 0.2) is 18.2 Å². The van der Waals surface area contributed by atoms with E-state index in [4.69, 9.17) is 9.84 Å². The quantitative estimate of drug-likeness (QED) is 0.858. The molecule has 0 aromatic heterocycles. The Hall–Kier alpha value is -1.55. The van der Waals surface area contributed by atoms with Gasteiger partial charge in [-0.1, -0.05) is 6.07 Å². The molecule has 0 atom stereocenters. The molecule has 0 aliphatic carbocycles. The van der Waals surface area contributed by atoms with Crippen LogP contribution in [-0.4, -0.2) is 41.7 Å². The number of carboxylic acids is 1. The number of nitrogens with zero attached hydrogens (tertiary/aromatic N) is 1. The Morgan fingerprint density at radius 1 is 1.26 bits per heavy atom. The molecular weight excluding hydrogens is 242 g/mol. The minimum atomic E-state index is -0.883. The third kappa shape index (κ3) is 4.24. The second kappa shape index (κ2) is 6.06. The molecule has 1 rings (SSSR count). The van der Waals surface area contributed by atoms with Crippen LogP contribution in [-0.2, 0) is 4.79 Å². The van der Waals surface area contributed by atoms with Crippen molar-refractivity contribution in [2.75, 3.05) is 20.2 Å². The van der Waals surface area contributed by atoms with Gasteiger partial charge in [0.1, 0.15) is 17.9 Å². The summed E-state index contributed by atoms with van der Waals surface area (Å²) in [5, 5.41) is 9.12. The molecule has 0 aliphatic rings. The second-order valence-electron chi connectivity index (χ2n) is 5.46. The fourth-order valence-corrected chi connectivity index (χ4v) is 1.76. The fraction of sp³-hybridized carbons (Fsp3) is 0.533. The van der Waals surface area contributed by atoms with Crippen molar-refractivity contribution >= 4 is 5.97 Å². The topological polar surface area (TPSA) is 49.8 Å². The summed E-state index contributed by atoms with van der Waals surface area (Å²) >= 11 is 0. The Morgan fingerprint density at radius 2 is 1.79 bits per heavy atom. The third-order valence-electron chi connectivity index (χ3n) is 3.37. The van der Waals surface area contributed by atoms with Gasteiger partial charge in [-0.15, -0.1) is 0 Å². The van der Waals surface area contributed by atoms with E-state index in [9.17, 15) is 4.79 Å². The van der Waals surface area contributed by atoms with Crippen molar-refractivity contribution in [1.29, 1.82) is 0 Å². The van der Waals surface area contributed by atoms with Crippen LogP contribution in [0.2, 0.25) is 0 Å². The summed E-state index contributed by atoms with van der Waals surface area (Å²) in [6, 6.07) is 6.05. The van der Waals surface area contributed by atoms with Gasteiger partial charge in [-0.2, -0.15) is 0 Å². The standard InChI is InChI=1S/C15H23NO3/c1-11-8-12(2)10-13(9-11)19-7-6-16(5)15(3,4)14(17)18/h8-10H,6-7H2,1-5H3,(H,17,18). The maximum Gasteiger partial charge on any atom is 0.323 e. The van der Waals surface area contributed by atoms with Crippen molar-refractivity contribution in [3.63, 3.8) is 0 Å². The SMILES string of the molecule is Cc1cc(C)cc(OCCN(C)C(C)(C)C(=O)O)c1. The Morgan fingerprint density at radius 3 is 2.26 bits per heavy atom. The lowest BCUT2D eigenvalue weighted by molar-refractivity contribution is -0.148. The van der Waals surface area contributed by atoms with E-state index >= 15 is 0 Å². The van der Waals surface area contributed by atoms with Crippen molar-refractivity contribution in [3.8, 4) is 5.75 Å². The van der Waals surface area contributed by atoms with Crippen molar-refractivity contribution in [3.05, 3.63) is 29.3 Å². The van der Waals surface area contributed by atoms with E-state index in [-0.39, 0.29) is 0 Å². The molecule has 1 aromatic rings. The minimum Gasteiger partial charge on any atom is -0.492 e. The van der Waals surface area contributed by atoms with Crippen LogP contribution in [0, 0.1) is 13.8 Å². The van der Waals surface area contributed by atoms with Crippen LogP contribution in [0.1, 0.15) is 25.0 Å². The first-order valence-electron chi connectivity index (χ1n) is 6.39. The summed E-state index contributed by atoms with van der Waals surface area (Å²) in [4.78, 5) is 12.9. The first-order chi connectivity index (χ1) is 8.73. The number of likely N-dealkylation sites (N-methyl/N-ethyl adjacent to an activating group) is 1. The lowest BCUT2D eigenvalue weighted by Crippen LogP contribution is -2.49. The van der Waals surface area contributed by atoms with Crippen LogP contribution in [0.25, 0.3) is 0 Å². The van der Waals surface area contributed by atoms with E-state index in [0.717, 1.165) is 16.9 Å². The number of carbonyl (C=O) groups is 1.